The van der Waals surface area contributed by atoms with Crippen molar-refractivity contribution < 1.29 is 18.0 Å². The molecule has 1 amide bonds. The van der Waals surface area contributed by atoms with Crippen LogP contribution in [0.25, 0.3) is 11.0 Å². The second-order valence-electron chi connectivity index (χ2n) is 6.16. The highest BCUT2D eigenvalue weighted by Crippen LogP contribution is 2.27. The van der Waals surface area contributed by atoms with Crippen molar-refractivity contribution in [2.45, 2.75) is 26.1 Å². The molecule has 3 aromatic rings. The summed E-state index contributed by atoms with van der Waals surface area (Å²) in [7, 11) is 0. The number of hydrogen-bond acceptors (Lipinski definition) is 3. The molecule has 1 heterocycles. The second kappa shape index (κ2) is 6.86. The zero-order valence-electron chi connectivity index (χ0n) is 14.5. The first-order chi connectivity index (χ1) is 12.7. The van der Waals surface area contributed by atoms with Gasteiger partial charge in [0.25, 0.3) is 5.56 Å². The van der Waals surface area contributed by atoms with Crippen molar-refractivity contribution in [3.8, 4) is 0 Å². The average Bonchev–Trinajstić information content (AvgIpc) is 2.59. The number of benzene rings is 2. The lowest BCUT2D eigenvalue weighted by Crippen LogP contribution is -2.36. The topological polar surface area (TPSA) is 64.0 Å². The van der Waals surface area contributed by atoms with Gasteiger partial charge in [-0.15, -0.1) is 0 Å². The molecular formula is C19H16F3N3O2. The number of aromatic nitrogens is 2. The van der Waals surface area contributed by atoms with Gasteiger partial charge in [-0.25, -0.2) is 4.98 Å². The first-order valence-electron chi connectivity index (χ1n) is 8.14. The van der Waals surface area contributed by atoms with Crippen molar-refractivity contribution in [3.05, 3.63) is 70.1 Å². The summed E-state index contributed by atoms with van der Waals surface area (Å²) in [5, 5.41) is 2.63. The molecule has 0 aliphatic rings. The van der Waals surface area contributed by atoms with Crippen molar-refractivity contribution in [1.29, 1.82) is 0 Å². The molecule has 0 fully saturated rings. The van der Waals surface area contributed by atoms with Crippen LogP contribution < -0.4 is 10.9 Å². The van der Waals surface area contributed by atoms with Crippen LogP contribution in [0.4, 0.5) is 18.9 Å². The summed E-state index contributed by atoms with van der Waals surface area (Å²) in [5.74, 6) is -0.604. The van der Waals surface area contributed by atoms with E-state index in [4.69, 9.17) is 0 Å². The number of hydrogen-bond donors (Lipinski definition) is 1. The lowest BCUT2D eigenvalue weighted by Gasteiger charge is -2.19. The summed E-state index contributed by atoms with van der Waals surface area (Å²) in [5.41, 5.74) is -1.35. The summed E-state index contributed by atoms with van der Waals surface area (Å²) >= 11 is 0. The maximum atomic E-state index is 13.2. The minimum atomic E-state index is -4.92. The lowest BCUT2D eigenvalue weighted by molar-refractivity contribution is -0.142. The van der Waals surface area contributed by atoms with Gasteiger partial charge < -0.3 is 5.32 Å². The Hall–Kier alpha value is -3.16. The van der Waals surface area contributed by atoms with Crippen LogP contribution in [0.2, 0.25) is 0 Å². The van der Waals surface area contributed by atoms with Gasteiger partial charge >= 0.3 is 6.18 Å². The quantitative estimate of drug-likeness (QED) is 0.755. The number of para-hydroxylation sites is 2. The largest absolute Gasteiger partial charge is 0.438 e. The van der Waals surface area contributed by atoms with Crippen molar-refractivity contribution in [3.63, 3.8) is 0 Å². The Labute approximate surface area is 152 Å². The first-order valence-corrected chi connectivity index (χ1v) is 8.14. The molecule has 0 aliphatic heterocycles. The second-order valence-corrected chi connectivity index (χ2v) is 6.16. The maximum absolute atomic E-state index is 13.2. The van der Waals surface area contributed by atoms with Crippen LogP contribution in [0, 0.1) is 6.92 Å². The SMILES string of the molecule is Cc1cccc(NC(=O)[C@@H](C)n2c(=O)c(C(F)(F)F)nc3ccccc32)c1. The van der Waals surface area contributed by atoms with E-state index in [1.807, 2.05) is 13.0 Å². The molecule has 1 aromatic heterocycles. The molecule has 27 heavy (non-hydrogen) atoms. The molecule has 0 spiro atoms. The zero-order chi connectivity index (χ0) is 19.8. The predicted molar refractivity (Wildman–Crippen MR) is 95.5 cm³/mol. The van der Waals surface area contributed by atoms with Gasteiger partial charge in [0.15, 0.2) is 0 Å². The Morgan fingerprint density at radius 1 is 1.15 bits per heavy atom. The van der Waals surface area contributed by atoms with E-state index < -0.39 is 29.4 Å². The van der Waals surface area contributed by atoms with Gasteiger partial charge in [0.1, 0.15) is 6.04 Å². The van der Waals surface area contributed by atoms with Gasteiger partial charge in [-0.05, 0) is 43.7 Å². The highest BCUT2D eigenvalue weighted by Gasteiger charge is 2.38. The van der Waals surface area contributed by atoms with Gasteiger partial charge in [-0.1, -0.05) is 24.3 Å². The highest BCUT2D eigenvalue weighted by molar-refractivity contribution is 5.94. The van der Waals surface area contributed by atoms with Crippen LogP contribution >= 0.6 is 0 Å². The standard InChI is InChI=1S/C19H16F3N3O2/c1-11-6-5-7-13(10-11)23-17(26)12(2)25-15-9-4-3-8-14(15)24-16(18(25)27)19(20,21)22/h3-10,12H,1-2H3,(H,23,26)/t12-/m1/s1. The predicted octanol–water partition coefficient (Wildman–Crippen LogP) is 3.92. The molecule has 0 radical (unpaired) electrons. The van der Waals surface area contributed by atoms with Crippen molar-refractivity contribution in [2.24, 2.45) is 0 Å². The summed E-state index contributed by atoms with van der Waals surface area (Å²) in [6.45, 7) is 3.22. The molecule has 140 valence electrons. The summed E-state index contributed by atoms with van der Waals surface area (Å²) < 4.78 is 40.5. The molecular weight excluding hydrogens is 359 g/mol. The Kier molecular flexibility index (Phi) is 4.73. The van der Waals surface area contributed by atoms with E-state index in [-0.39, 0.29) is 11.0 Å². The van der Waals surface area contributed by atoms with E-state index >= 15 is 0 Å². The molecule has 0 saturated carbocycles. The number of aryl methyl sites for hydroxylation is 1. The van der Waals surface area contributed by atoms with Gasteiger partial charge in [0, 0.05) is 5.69 Å². The minimum absolute atomic E-state index is 0.0142. The van der Waals surface area contributed by atoms with Crippen LogP contribution in [0.5, 0.6) is 0 Å². The molecule has 0 bridgehead atoms. The van der Waals surface area contributed by atoms with Crippen molar-refractivity contribution in [1.82, 2.24) is 9.55 Å². The Morgan fingerprint density at radius 3 is 2.52 bits per heavy atom. The van der Waals surface area contributed by atoms with E-state index in [0.29, 0.717) is 5.69 Å². The molecule has 1 N–H and O–H groups in total. The fourth-order valence-corrected chi connectivity index (χ4v) is 2.81. The molecule has 5 nitrogen and oxygen atoms in total. The smallest absolute Gasteiger partial charge is 0.324 e. The van der Waals surface area contributed by atoms with Gasteiger partial charge in [0.2, 0.25) is 11.6 Å². The van der Waals surface area contributed by atoms with E-state index in [1.54, 1.807) is 24.3 Å². The number of carbonyl (C=O) groups is 1. The molecule has 0 aliphatic carbocycles. The fraction of sp³-hybridized carbons (Fsp3) is 0.211. The fourth-order valence-electron chi connectivity index (χ4n) is 2.81. The third-order valence-electron chi connectivity index (χ3n) is 4.12. The number of carbonyl (C=O) groups excluding carboxylic acids is 1. The van der Waals surface area contributed by atoms with Crippen LogP contribution in [0.1, 0.15) is 24.2 Å². The molecule has 0 unspecified atom stereocenters. The number of nitrogens with zero attached hydrogens (tertiary/aromatic N) is 2. The number of anilines is 1. The lowest BCUT2D eigenvalue weighted by atomic mass is 10.2. The van der Waals surface area contributed by atoms with E-state index in [9.17, 15) is 22.8 Å². The molecule has 2 aromatic carbocycles. The maximum Gasteiger partial charge on any atom is 0.438 e. The highest BCUT2D eigenvalue weighted by atomic mass is 19.4. The molecule has 3 rings (SSSR count). The Balaban J connectivity index is 2.10. The monoisotopic (exact) mass is 375 g/mol. The normalized spacial score (nSPS) is 12.8. The summed E-state index contributed by atoms with van der Waals surface area (Å²) in [4.78, 5) is 28.5. The third kappa shape index (κ3) is 3.69. The number of nitrogens with one attached hydrogen (secondary N) is 1. The van der Waals surface area contributed by atoms with Crippen molar-refractivity contribution in [2.75, 3.05) is 5.32 Å². The summed E-state index contributed by atoms with van der Waals surface area (Å²) in [6, 6.07) is 11.7. The van der Waals surface area contributed by atoms with Crippen LogP contribution in [-0.4, -0.2) is 15.5 Å². The van der Waals surface area contributed by atoms with Crippen LogP contribution in [0.15, 0.2) is 53.3 Å². The van der Waals surface area contributed by atoms with Gasteiger partial charge in [0.05, 0.1) is 11.0 Å². The van der Waals surface area contributed by atoms with Crippen LogP contribution in [-0.2, 0) is 11.0 Å². The number of rotatable bonds is 3. The van der Waals surface area contributed by atoms with Gasteiger partial charge in [-0.2, -0.15) is 13.2 Å². The van der Waals surface area contributed by atoms with Crippen LogP contribution in [0.3, 0.4) is 0 Å². The number of amides is 1. The first kappa shape index (κ1) is 18.6. The van der Waals surface area contributed by atoms with E-state index in [2.05, 4.69) is 10.3 Å². The Morgan fingerprint density at radius 2 is 1.85 bits per heavy atom. The van der Waals surface area contributed by atoms with Crippen molar-refractivity contribution >= 4 is 22.6 Å². The average molecular weight is 375 g/mol. The molecule has 1 atom stereocenters. The number of alkyl halides is 3. The minimum Gasteiger partial charge on any atom is -0.324 e. The summed E-state index contributed by atoms with van der Waals surface area (Å²) in [6.07, 6.45) is -4.92. The third-order valence-corrected chi connectivity index (χ3v) is 4.12. The Bertz CT molecular complexity index is 1070. The van der Waals surface area contributed by atoms with Gasteiger partial charge in [-0.3, -0.25) is 14.2 Å². The zero-order valence-corrected chi connectivity index (χ0v) is 14.5. The molecule has 8 heteroatoms. The van der Waals surface area contributed by atoms with E-state index in [0.717, 1.165) is 10.1 Å². The number of fused-ring (bicyclic) bond motifs is 1. The molecule has 0 saturated heterocycles. The van der Waals surface area contributed by atoms with E-state index in [1.165, 1.54) is 25.1 Å². The number of halogens is 3.